The largest absolute Gasteiger partial charge is 0.380 e. The smallest absolute Gasteiger partial charge is 0.0593 e. The maximum atomic E-state index is 5.59. The average molecular weight is 214 g/mol. The van der Waals surface area contributed by atoms with Crippen molar-refractivity contribution in [3.63, 3.8) is 0 Å². The fraction of sp³-hybridized carbons (Fsp3) is 1.00. The van der Waals surface area contributed by atoms with Crippen LogP contribution >= 0.6 is 0 Å². The van der Waals surface area contributed by atoms with E-state index in [2.05, 4.69) is 31.1 Å². The first kappa shape index (κ1) is 12.9. The van der Waals surface area contributed by atoms with Crippen LogP contribution in [0.15, 0.2) is 0 Å². The van der Waals surface area contributed by atoms with Crippen LogP contribution in [0.4, 0.5) is 0 Å². The molecule has 0 aliphatic carbocycles. The Kier molecular flexibility index (Phi) is 6.22. The highest BCUT2D eigenvalue weighted by Gasteiger charge is 2.16. The van der Waals surface area contributed by atoms with Crippen molar-refractivity contribution >= 4 is 0 Å². The van der Waals surface area contributed by atoms with Gasteiger partial charge in [0.2, 0.25) is 0 Å². The molecule has 3 nitrogen and oxygen atoms in total. The molecule has 0 saturated carbocycles. The van der Waals surface area contributed by atoms with Gasteiger partial charge in [0.15, 0.2) is 0 Å². The average Bonchev–Trinajstić information content (AvgIpc) is 2.25. The maximum absolute atomic E-state index is 5.59. The molecule has 1 N–H and O–H groups in total. The molecule has 1 aliphatic rings. The van der Waals surface area contributed by atoms with E-state index in [0.717, 1.165) is 26.3 Å². The van der Waals surface area contributed by atoms with Crippen molar-refractivity contribution in [1.29, 1.82) is 0 Å². The second-order valence-corrected chi connectivity index (χ2v) is 4.95. The van der Waals surface area contributed by atoms with Crippen LogP contribution in [0.25, 0.3) is 0 Å². The van der Waals surface area contributed by atoms with Gasteiger partial charge in [0, 0.05) is 25.7 Å². The van der Waals surface area contributed by atoms with Crippen molar-refractivity contribution in [3.05, 3.63) is 0 Å². The van der Waals surface area contributed by atoms with E-state index in [-0.39, 0.29) is 0 Å². The molecule has 1 aliphatic heterocycles. The lowest BCUT2D eigenvalue weighted by molar-refractivity contribution is 0.0771. The highest BCUT2D eigenvalue weighted by atomic mass is 16.5. The Morgan fingerprint density at radius 1 is 1.47 bits per heavy atom. The van der Waals surface area contributed by atoms with E-state index in [0.29, 0.717) is 12.0 Å². The van der Waals surface area contributed by atoms with Gasteiger partial charge in [0.1, 0.15) is 0 Å². The lowest BCUT2D eigenvalue weighted by Gasteiger charge is -2.31. The summed E-state index contributed by atoms with van der Waals surface area (Å²) in [6.45, 7) is 9.51. The topological polar surface area (TPSA) is 24.5 Å². The highest BCUT2D eigenvalue weighted by Crippen LogP contribution is 2.07. The first-order chi connectivity index (χ1) is 7.20. The molecule has 3 heteroatoms. The molecule has 1 unspecified atom stereocenters. The number of hydrogen-bond donors (Lipinski definition) is 1. The zero-order valence-corrected chi connectivity index (χ0v) is 10.5. The van der Waals surface area contributed by atoms with Gasteiger partial charge in [-0.2, -0.15) is 0 Å². The van der Waals surface area contributed by atoms with E-state index in [1.807, 2.05) is 0 Å². The molecule has 0 radical (unpaired) electrons. The number of likely N-dealkylation sites (N-methyl/N-ethyl adjacent to an activating group) is 1. The summed E-state index contributed by atoms with van der Waals surface area (Å²) in [6.07, 6.45) is 2.63. The molecule has 1 fully saturated rings. The van der Waals surface area contributed by atoms with Crippen LogP contribution in [0.5, 0.6) is 0 Å². The fourth-order valence-corrected chi connectivity index (χ4v) is 1.92. The van der Waals surface area contributed by atoms with Crippen molar-refractivity contribution in [3.8, 4) is 0 Å². The molecule has 0 bridgehead atoms. The first-order valence-corrected chi connectivity index (χ1v) is 6.19. The zero-order valence-electron chi connectivity index (χ0n) is 10.5. The molecule has 0 aromatic rings. The van der Waals surface area contributed by atoms with Gasteiger partial charge in [-0.25, -0.2) is 0 Å². The lowest BCUT2D eigenvalue weighted by atomic mass is 10.1. The van der Waals surface area contributed by atoms with Crippen molar-refractivity contribution in [2.75, 3.05) is 39.9 Å². The van der Waals surface area contributed by atoms with E-state index >= 15 is 0 Å². The van der Waals surface area contributed by atoms with Crippen LogP contribution in [-0.4, -0.2) is 50.8 Å². The maximum Gasteiger partial charge on any atom is 0.0593 e. The van der Waals surface area contributed by atoms with Gasteiger partial charge in [-0.3, -0.25) is 4.90 Å². The molecule has 1 heterocycles. The Hall–Kier alpha value is -0.120. The predicted molar refractivity (Wildman–Crippen MR) is 64.2 cm³/mol. The van der Waals surface area contributed by atoms with Gasteiger partial charge in [-0.15, -0.1) is 0 Å². The van der Waals surface area contributed by atoms with Crippen LogP contribution in [-0.2, 0) is 4.74 Å². The minimum Gasteiger partial charge on any atom is -0.380 e. The summed E-state index contributed by atoms with van der Waals surface area (Å²) in [5, 5.41) is 3.44. The van der Waals surface area contributed by atoms with E-state index in [1.54, 1.807) is 0 Å². The summed E-state index contributed by atoms with van der Waals surface area (Å²) >= 11 is 0. The van der Waals surface area contributed by atoms with Gasteiger partial charge >= 0.3 is 0 Å². The van der Waals surface area contributed by atoms with Gasteiger partial charge in [-0.1, -0.05) is 13.8 Å². The van der Waals surface area contributed by atoms with E-state index < -0.39 is 0 Å². The van der Waals surface area contributed by atoms with Crippen molar-refractivity contribution < 1.29 is 4.74 Å². The molecular weight excluding hydrogens is 188 g/mol. The second kappa shape index (κ2) is 7.20. The highest BCUT2D eigenvalue weighted by molar-refractivity contribution is 4.76. The number of nitrogens with one attached hydrogen (secondary N) is 1. The predicted octanol–water partition coefficient (Wildman–Crippen LogP) is 1.34. The number of rotatable bonds is 6. The normalized spacial score (nSPS) is 22.6. The summed E-state index contributed by atoms with van der Waals surface area (Å²) in [5.41, 5.74) is 0. The third-order valence-electron chi connectivity index (χ3n) is 2.93. The summed E-state index contributed by atoms with van der Waals surface area (Å²) in [6, 6.07) is 0.710. The van der Waals surface area contributed by atoms with Crippen LogP contribution in [0.3, 0.4) is 0 Å². The fourth-order valence-electron chi connectivity index (χ4n) is 1.92. The van der Waals surface area contributed by atoms with Crippen molar-refractivity contribution in [2.24, 2.45) is 5.92 Å². The van der Waals surface area contributed by atoms with Gasteiger partial charge in [0.05, 0.1) is 6.61 Å². The van der Waals surface area contributed by atoms with Crippen LogP contribution in [0.1, 0.15) is 26.7 Å². The van der Waals surface area contributed by atoms with Gasteiger partial charge in [0.25, 0.3) is 0 Å². The molecule has 0 aromatic carbocycles. The number of hydrogen-bond acceptors (Lipinski definition) is 3. The lowest BCUT2D eigenvalue weighted by Crippen LogP contribution is -2.45. The van der Waals surface area contributed by atoms with Gasteiger partial charge in [-0.05, 0) is 32.4 Å². The summed E-state index contributed by atoms with van der Waals surface area (Å²) in [4.78, 5) is 2.42. The van der Waals surface area contributed by atoms with Crippen LogP contribution in [0.2, 0.25) is 0 Å². The number of piperidine rings is 1. The molecule has 1 saturated heterocycles. The first-order valence-electron chi connectivity index (χ1n) is 6.19. The molecule has 15 heavy (non-hydrogen) atoms. The van der Waals surface area contributed by atoms with E-state index in [4.69, 9.17) is 4.74 Å². The Balaban J connectivity index is 2.04. The SMILES string of the molecule is CC(C)COCCN(C)C1CCCNC1. The zero-order chi connectivity index (χ0) is 11.1. The Morgan fingerprint density at radius 3 is 2.87 bits per heavy atom. The number of nitrogens with zero attached hydrogens (tertiary/aromatic N) is 1. The summed E-state index contributed by atoms with van der Waals surface area (Å²) in [7, 11) is 2.20. The van der Waals surface area contributed by atoms with Crippen molar-refractivity contribution in [1.82, 2.24) is 10.2 Å². The Bertz CT molecular complexity index is 156. The minimum absolute atomic E-state index is 0.645. The molecule has 0 amide bonds. The van der Waals surface area contributed by atoms with Crippen LogP contribution in [0, 0.1) is 5.92 Å². The Morgan fingerprint density at radius 2 is 2.27 bits per heavy atom. The molecule has 0 spiro atoms. The molecule has 0 aromatic heterocycles. The quantitative estimate of drug-likeness (QED) is 0.675. The van der Waals surface area contributed by atoms with E-state index in [1.165, 1.54) is 19.4 Å². The van der Waals surface area contributed by atoms with Crippen LogP contribution < -0.4 is 5.32 Å². The summed E-state index contributed by atoms with van der Waals surface area (Å²) in [5.74, 6) is 0.645. The second-order valence-electron chi connectivity index (χ2n) is 4.95. The summed E-state index contributed by atoms with van der Waals surface area (Å²) < 4.78 is 5.59. The third kappa shape index (κ3) is 5.50. The third-order valence-corrected chi connectivity index (χ3v) is 2.93. The molecular formula is C12H26N2O. The number of ether oxygens (including phenoxy) is 1. The van der Waals surface area contributed by atoms with Gasteiger partial charge < -0.3 is 10.1 Å². The standard InChI is InChI=1S/C12H26N2O/c1-11(2)10-15-8-7-14(3)12-5-4-6-13-9-12/h11-13H,4-10H2,1-3H3. The Labute approximate surface area is 94.2 Å². The minimum atomic E-state index is 0.645. The monoisotopic (exact) mass is 214 g/mol. The van der Waals surface area contributed by atoms with Crippen molar-refractivity contribution in [2.45, 2.75) is 32.7 Å². The molecule has 1 rings (SSSR count). The van der Waals surface area contributed by atoms with E-state index in [9.17, 15) is 0 Å². The molecule has 90 valence electrons. The molecule has 1 atom stereocenters.